The van der Waals surface area contributed by atoms with Gasteiger partial charge in [0.25, 0.3) is 0 Å². The molecule has 3 rings (SSSR count). The number of anilines is 1. The van der Waals surface area contributed by atoms with E-state index in [0.717, 1.165) is 11.1 Å². The lowest BCUT2D eigenvalue weighted by atomic mass is 9.91. The first-order valence-electron chi connectivity index (χ1n) is 7.78. The van der Waals surface area contributed by atoms with E-state index in [9.17, 15) is 10.4 Å². The van der Waals surface area contributed by atoms with Crippen LogP contribution in [0.1, 0.15) is 11.1 Å². The first-order valence-corrected chi connectivity index (χ1v) is 8.58. The second kappa shape index (κ2) is 7.06. The summed E-state index contributed by atoms with van der Waals surface area (Å²) in [6, 6.07) is 13.3. The largest absolute Gasteiger partial charge is 0.504 e. The summed E-state index contributed by atoms with van der Waals surface area (Å²) >= 11 is 3.42. The minimum Gasteiger partial charge on any atom is -0.504 e. The van der Waals surface area contributed by atoms with E-state index in [1.807, 2.05) is 31.2 Å². The van der Waals surface area contributed by atoms with Crippen LogP contribution in [0.15, 0.2) is 47.1 Å². The molecule has 0 bridgehead atoms. The lowest BCUT2D eigenvalue weighted by Gasteiger charge is -2.16. The molecule has 0 aliphatic rings. The van der Waals surface area contributed by atoms with E-state index in [2.05, 4.69) is 27.0 Å². The van der Waals surface area contributed by atoms with E-state index in [-0.39, 0.29) is 17.1 Å². The number of nitrogen functional groups attached to an aromatic ring is 1. The smallest absolute Gasteiger partial charge is 0.165 e. The highest BCUT2D eigenvalue weighted by Crippen LogP contribution is 2.45. The zero-order valence-corrected chi connectivity index (χ0v) is 15.8. The fraction of sp³-hybridized carbons (Fsp3) is 0.100. The summed E-state index contributed by atoms with van der Waals surface area (Å²) in [7, 11) is 1.47. The maximum Gasteiger partial charge on any atom is 0.165 e. The Kier molecular flexibility index (Phi) is 4.83. The summed E-state index contributed by atoms with van der Waals surface area (Å²) in [6.45, 7) is 2.00. The van der Waals surface area contributed by atoms with Crippen LogP contribution in [0.5, 0.6) is 11.5 Å². The van der Waals surface area contributed by atoms with Crippen molar-refractivity contribution in [3.63, 3.8) is 0 Å². The lowest BCUT2D eigenvalue weighted by molar-refractivity contribution is 0.374. The van der Waals surface area contributed by atoms with Gasteiger partial charge < -0.3 is 15.6 Å². The number of aryl methyl sites for hydroxylation is 1. The summed E-state index contributed by atoms with van der Waals surface area (Å²) < 4.78 is 5.95. The molecule has 3 N–H and O–H groups in total. The molecular weight excluding hydrogens is 394 g/mol. The maximum atomic E-state index is 10.7. The first-order chi connectivity index (χ1) is 12.5. The standard InChI is InChI=1S/C20H16BrN3O2/c1-11-3-5-12(6-4-11)16-10-24-20(23)15(9-22)18(16)14-7-13(21)8-17(26-2)19(14)25/h3-8,10,25H,1-2H3,(H2,23,24). The van der Waals surface area contributed by atoms with E-state index < -0.39 is 0 Å². The molecule has 0 spiro atoms. The van der Waals surface area contributed by atoms with Crippen LogP contribution in [-0.2, 0) is 0 Å². The molecule has 26 heavy (non-hydrogen) atoms. The van der Waals surface area contributed by atoms with Crippen LogP contribution in [0.2, 0.25) is 0 Å². The number of pyridine rings is 1. The minimum absolute atomic E-state index is 0.0637. The number of phenolic OH excluding ortho intramolecular Hbond substituents is 1. The molecule has 0 radical (unpaired) electrons. The number of methoxy groups -OCH3 is 1. The Morgan fingerprint density at radius 2 is 1.88 bits per heavy atom. The van der Waals surface area contributed by atoms with E-state index in [0.29, 0.717) is 26.9 Å². The van der Waals surface area contributed by atoms with Crippen molar-refractivity contribution in [1.29, 1.82) is 5.26 Å². The average Bonchev–Trinajstić information content (AvgIpc) is 2.64. The third-order valence-electron chi connectivity index (χ3n) is 4.11. The first kappa shape index (κ1) is 17.8. The highest BCUT2D eigenvalue weighted by Gasteiger charge is 2.21. The van der Waals surface area contributed by atoms with Crippen molar-refractivity contribution >= 4 is 21.7 Å². The number of hydrogen-bond acceptors (Lipinski definition) is 5. The Balaban J connectivity index is 2.40. The Bertz CT molecular complexity index is 1020. The molecule has 0 aliphatic heterocycles. The molecule has 1 heterocycles. The molecule has 0 atom stereocenters. The van der Waals surface area contributed by atoms with Crippen molar-refractivity contribution in [2.45, 2.75) is 6.92 Å². The number of nitrogens with zero attached hydrogens (tertiary/aromatic N) is 2. The normalized spacial score (nSPS) is 10.4. The molecule has 130 valence electrons. The van der Waals surface area contributed by atoms with Gasteiger partial charge in [-0.15, -0.1) is 0 Å². The Morgan fingerprint density at radius 3 is 2.50 bits per heavy atom. The zero-order chi connectivity index (χ0) is 18.8. The van der Waals surface area contributed by atoms with Gasteiger partial charge in [0.2, 0.25) is 0 Å². The SMILES string of the molecule is COc1cc(Br)cc(-c2c(-c3ccc(C)cc3)cnc(N)c2C#N)c1O. The van der Waals surface area contributed by atoms with Crippen LogP contribution in [0.25, 0.3) is 22.3 Å². The molecule has 5 nitrogen and oxygen atoms in total. The number of ether oxygens (including phenoxy) is 1. The van der Waals surface area contributed by atoms with Crippen molar-refractivity contribution < 1.29 is 9.84 Å². The number of phenols is 1. The van der Waals surface area contributed by atoms with Gasteiger partial charge in [-0.3, -0.25) is 0 Å². The summed E-state index contributed by atoms with van der Waals surface area (Å²) in [6.07, 6.45) is 1.61. The Hall–Kier alpha value is -3.04. The quantitative estimate of drug-likeness (QED) is 0.656. The maximum absolute atomic E-state index is 10.7. The number of nitrogens with two attached hydrogens (primary N) is 1. The second-order valence-corrected chi connectivity index (χ2v) is 6.70. The molecule has 0 amide bonds. The Labute approximate surface area is 159 Å². The number of hydrogen-bond donors (Lipinski definition) is 2. The van der Waals surface area contributed by atoms with Gasteiger partial charge in [-0.05, 0) is 24.6 Å². The highest BCUT2D eigenvalue weighted by molar-refractivity contribution is 9.10. The molecule has 1 aromatic heterocycles. The summed E-state index contributed by atoms with van der Waals surface area (Å²) in [4.78, 5) is 4.16. The summed E-state index contributed by atoms with van der Waals surface area (Å²) in [5.41, 5.74) is 9.79. The monoisotopic (exact) mass is 409 g/mol. The molecule has 0 saturated carbocycles. The van der Waals surface area contributed by atoms with Crippen molar-refractivity contribution in [2.24, 2.45) is 0 Å². The number of benzene rings is 2. The molecule has 6 heteroatoms. The third-order valence-corrected chi connectivity index (χ3v) is 4.57. The molecular formula is C20H16BrN3O2. The molecule has 2 aromatic carbocycles. The van der Waals surface area contributed by atoms with Crippen molar-refractivity contribution in [3.8, 4) is 39.8 Å². The van der Waals surface area contributed by atoms with Crippen LogP contribution >= 0.6 is 15.9 Å². The van der Waals surface area contributed by atoms with Crippen LogP contribution in [0.3, 0.4) is 0 Å². The minimum atomic E-state index is -0.0637. The number of aromatic hydroxyl groups is 1. The van der Waals surface area contributed by atoms with Crippen LogP contribution < -0.4 is 10.5 Å². The predicted molar refractivity (Wildman–Crippen MR) is 105 cm³/mol. The predicted octanol–water partition coefficient (Wildman–Crippen LogP) is 4.65. The third kappa shape index (κ3) is 3.09. The van der Waals surface area contributed by atoms with Crippen molar-refractivity contribution in [2.75, 3.05) is 12.8 Å². The van der Waals surface area contributed by atoms with Gasteiger partial charge in [0.15, 0.2) is 11.5 Å². The van der Waals surface area contributed by atoms with Gasteiger partial charge in [0, 0.05) is 27.4 Å². The van der Waals surface area contributed by atoms with Gasteiger partial charge in [0.1, 0.15) is 17.5 Å². The van der Waals surface area contributed by atoms with Crippen molar-refractivity contribution in [3.05, 3.63) is 58.2 Å². The van der Waals surface area contributed by atoms with Crippen LogP contribution in [0, 0.1) is 18.3 Å². The van der Waals surface area contributed by atoms with Gasteiger partial charge in [-0.1, -0.05) is 45.8 Å². The molecule has 0 fully saturated rings. The molecule has 0 aliphatic carbocycles. The van der Waals surface area contributed by atoms with Crippen LogP contribution in [-0.4, -0.2) is 17.2 Å². The molecule has 0 saturated heterocycles. The Morgan fingerprint density at radius 1 is 1.19 bits per heavy atom. The average molecular weight is 410 g/mol. The van der Waals surface area contributed by atoms with Gasteiger partial charge in [-0.2, -0.15) is 5.26 Å². The molecule has 3 aromatic rings. The van der Waals surface area contributed by atoms with Crippen molar-refractivity contribution in [1.82, 2.24) is 4.98 Å². The fourth-order valence-corrected chi connectivity index (χ4v) is 3.23. The molecule has 0 unspecified atom stereocenters. The lowest BCUT2D eigenvalue weighted by Crippen LogP contribution is -2.00. The number of halogens is 1. The van der Waals surface area contributed by atoms with Gasteiger partial charge in [0.05, 0.1) is 7.11 Å². The zero-order valence-electron chi connectivity index (χ0n) is 14.2. The van der Waals surface area contributed by atoms with E-state index in [1.54, 1.807) is 18.3 Å². The summed E-state index contributed by atoms with van der Waals surface area (Å²) in [5.74, 6) is 0.339. The van der Waals surface area contributed by atoms with E-state index in [1.165, 1.54) is 7.11 Å². The summed E-state index contributed by atoms with van der Waals surface area (Å²) in [5, 5.41) is 20.3. The highest BCUT2D eigenvalue weighted by atomic mass is 79.9. The van der Waals surface area contributed by atoms with E-state index >= 15 is 0 Å². The van der Waals surface area contributed by atoms with Gasteiger partial charge >= 0.3 is 0 Å². The van der Waals surface area contributed by atoms with E-state index in [4.69, 9.17) is 10.5 Å². The fourth-order valence-electron chi connectivity index (χ4n) is 2.79. The number of aromatic nitrogens is 1. The van der Waals surface area contributed by atoms with Crippen LogP contribution in [0.4, 0.5) is 5.82 Å². The topological polar surface area (TPSA) is 92.2 Å². The number of nitriles is 1. The van der Waals surface area contributed by atoms with Gasteiger partial charge in [-0.25, -0.2) is 4.98 Å². The second-order valence-electron chi connectivity index (χ2n) is 5.79. The number of rotatable bonds is 3.